The van der Waals surface area contributed by atoms with Gasteiger partial charge in [0.05, 0.1) is 0 Å². The first kappa shape index (κ1) is 15.3. The normalized spacial score (nSPS) is 12.0. The van der Waals surface area contributed by atoms with Crippen molar-refractivity contribution in [2.24, 2.45) is 0 Å². The summed E-state index contributed by atoms with van der Waals surface area (Å²) in [6.07, 6.45) is 4.91. The lowest BCUT2D eigenvalue weighted by molar-refractivity contribution is 0.211. The standard InChI is InChI=1S/C20H23N/c1-3-11-20(19-14-9-6-10-15-19)21(16-4-2)17-18-12-7-5-8-13-18/h3-10,12-15,20H,1-2,11,16-17H2. The van der Waals surface area contributed by atoms with Crippen LogP contribution in [0.25, 0.3) is 0 Å². The molecule has 21 heavy (non-hydrogen) atoms. The highest BCUT2D eigenvalue weighted by molar-refractivity contribution is 5.21. The fourth-order valence-corrected chi connectivity index (χ4v) is 2.61. The van der Waals surface area contributed by atoms with Crippen molar-refractivity contribution < 1.29 is 0 Å². The summed E-state index contributed by atoms with van der Waals surface area (Å²) in [6.45, 7) is 9.61. The van der Waals surface area contributed by atoms with E-state index in [1.165, 1.54) is 11.1 Å². The van der Waals surface area contributed by atoms with E-state index in [0.29, 0.717) is 6.04 Å². The minimum atomic E-state index is 0.335. The lowest BCUT2D eigenvalue weighted by atomic mass is 10.0. The van der Waals surface area contributed by atoms with Gasteiger partial charge in [0.25, 0.3) is 0 Å². The molecule has 1 atom stereocenters. The van der Waals surface area contributed by atoms with Gasteiger partial charge in [0.1, 0.15) is 0 Å². The Kier molecular flexibility index (Phi) is 5.99. The van der Waals surface area contributed by atoms with Crippen molar-refractivity contribution in [3.63, 3.8) is 0 Å². The molecule has 2 aromatic rings. The van der Waals surface area contributed by atoms with Gasteiger partial charge >= 0.3 is 0 Å². The number of hydrogen-bond acceptors (Lipinski definition) is 1. The van der Waals surface area contributed by atoms with Crippen LogP contribution in [0, 0.1) is 0 Å². The number of rotatable bonds is 8. The first-order valence-corrected chi connectivity index (χ1v) is 7.40. The highest BCUT2D eigenvalue weighted by atomic mass is 15.1. The summed E-state index contributed by atoms with van der Waals surface area (Å²) in [7, 11) is 0. The fourth-order valence-electron chi connectivity index (χ4n) is 2.61. The molecule has 0 amide bonds. The second-order valence-electron chi connectivity index (χ2n) is 5.15. The van der Waals surface area contributed by atoms with Gasteiger partial charge in [-0.05, 0) is 17.5 Å². The molecule has 2 rings (SSSR count). The summed E-state index contributed by atoms with van der Waals surface area (Å²) >= 11 is 0. The third-order valence-corrected chi connectivity index (χ3v) is 3.61. The largest absolute Gasteiger partial charge is 0.288 e. The Morgan fingerprint density at radius 3 is 2.05 bits per heavy atom. The Labute approximate surface area is 128 Å². The zero-order valence-electron chi connectivity index (χ0n) is 12.5. The van der Waals surface area contributed by atoms with Crippen LogP contribution in [0.5, 0.6) is 0 Å². The molecule has 0 aliphatic rings. The van der Waals surface area contributed by atoms with Gasteiger partial charge in [0.2, 0.25) is 0 Å². The second-order valence-corrected chi connectivity index (χ2v) is 5.15. The fraction of sp³-hybridized carbons (Fsp3) is 0.200. The van der Waals surface area contributed by atoms with Crippen molar-refractivity contribution in [3.8, 4) is 0 Å². The van der Waals surface area contributed by atoms with Crippen LogP contribution in [0.15, 0.2) is 86.0 Å². The maximum absolute atomic E-state index is 3.92. The lowest BCUT2D eigenvalue weighted by Crippen LogP contribution is -2.28. The van der Waals surface area contributed by atoms with Crippen molar-refractivity contribution >= 4 is 0 Å². The van der Waals surface area contributed by atoms with Crippen LogP contribution >= 0.6 is 0 Å². The van der Waals surface area contributed by atoms with Gasteiger partial charge in [-0.15, -0.1) is 13.2 Å². The van der Waals surface area contributed by atoms with Gasteiger partial charge in [0, 0.05) is 19.1 Å². The number of nitrogens with zero attached hydrogens (tertiary/aromatic N) is 1. The third-order valence-electron chi connectivity index (χ3n) is 3.61. The van der Waals surface area contributed by atoms with Gasteiger partial charge in [-0.25, -0.2) is 0 Å². The van der Waals surface area contributed by atoms with Crippen LogP contribution in [0.4, 0.5) is 0 Å². The van der Waals surface area contributed by atoms with Crippen LogP contribution in [-0.2, 0) is 6.54 Å². The zero-order valence-corrected chi connectivity index (χ0v) is 12.5. The third kappa shape index (κ3) is 4.44. The van der Waals surface area contributed by atoms with E-state index in [-0.39, 0.29) is 0 Å². The molecule has 0 spiro atoms. The smallest absolute Gasteiger partial charge is 0.0389 e. The van der Waals surface area contributed by atoms with Crippen LogP contribution in [0.3, 0.4) is 0 Å². The quantitative estimate of drug-likeness (QED) is 0.614. The summed E-state index contributed by atoms with van der Waals surface area (Å²) in [4.78, 5) is 2.44. The lowest BCUT2D eigenvalue weighted by Gasteiger charge is -2.30. The Hall–Kier alpha value is -2.12. The molecule has 0 aromatic heterocycles. The molecule has 0 heterocycles. The number of hydrogen-bond donors (Lipinski definition) is 0. The van der Waals surface area contributed by atoms with Crippen LogP contribution in [0.2, 0.25) is 0 Å². The molecule has 2 aromatic carbocycles. The van der Waals surface area contributed by atoms with Gasteiger partial charge in [-0.2, -0.15) is 0 Å². The summed E-state index contributed by atoms with van der Waals surface area (Å²) in [5.74, 6) is 0. The van der Waals surface area contributed by atoms with E-state index in [1.807, 2.05) is 12.2 Å². The molecule has 0 saturated carbocycles. The molecule has 0 radical (unpaired) electrons. The molecule has 1 nitrogen and oxygen atoms in total. The molecule has 0 aliphatic heterocycles. The van der Waals surface area contributed by atoms with E-state index in [1.54, 1.807) is 0 Å². The van der Waals surface area contributed by atoms with E-state index in [4.69, 9.17) is 0 Å². The van der Waals surface area contributed by atoms with Crippen molar-refractivity contribution in [2.45, 2.75) is 19.0 Å². The van der Waals surface area contributed by atoms with Crippen LogP contribution in [0.1, 0.15) is 23.6 Å². The predicted octanol–water partition coefficient (Wildman–Crippen LogP) is 4.99. The van der Waals surface area contributed by atoms with E-state index < -0.39 is 0 Å². The first-order valence-electron chi connectivity index (χ1n) is 7.40. The summed E-state index contributed by atoms with van der Waals surface area (Å²) in [5, 5.41) is 0. The molecule has 1 unspecified atom stereocenters. The summed E-state index contributed by atoms with van der Waals surface area (Å²) in [5.41, 5.74) is 2.65. The highest BCUT2D eigenvalue weighted by Crippen LogP contribution is 2.26. The Bertz CT molecular complexity index is 545. The van der Waals surface area contributed by atoms with Crippen molar-refractivity contribution in [2.75, 3.05) is 6.54 Å². The maximum atomic E-state index is 3.92. The molecule has 0 fully saturated rings. The van der Waals surface area contributed by atoms with E-state index >= 15 is 0 Å². The number of benzene rings is 2. The minimum absolute atomic E-state index is 0.335. The topological polar surface area (TPSA) is 3.24 Å². The van der Waals surface area contributed by atoms with Gasteiger partial charge < -0.3 is 0 Å². The SMILES string of the molecule is C=CCC(c1ccccc1)N(CC=C)Cc1ccccc1. The van der Waals surface area contributed by atoms with E-state index in [0.717, 1.165) is 19.5 Å². The molecule has 0 N–H and O–H groups in total. The Balaban J connectivity index is 2.24. The summed E-state index contributed by atoms with van der Waals surface area (Å²) < 4.78 is 0. The van der Waals surface area contributed by atoms with Gasteiger partial charge in [-0.1, -0.05) is 72.8 Å². The highest BCUT2D eigenvalue weighted by Gasteiger charge is 2.18. The van der Waals surface area contributed by atoms with Crippen LogP contribution < -0.4 is 0 Å². The average Bonchev–Trinajstić information content (AvgIpc) is 2.54. The predicted molar refractivity (Wildman–Crippen MR) is 91.0 cm³/mol. The second kappa shape index (κ2) is 8.23. The molecule has 0 bridgehead atoms. The first-order chi connectivity index (χ1) is 10.3. The van der Waals surface area contributed by atoms with Gasteiger partial charge in [0.15, 0.2) is 0 Å². The maximum Gasteiger partial charge on any atom is 0.0389 e. The molecule has 0 saturated heterocycles. The zero-order chi connectivity index (χ0) is 14.9. The average molecular weight is 277 g/mol. The van der Waals surface area contributed by atoms with Crippen LogP contribution in [-0.4, -0.2) is 11.4 Å². The Morgan fingerprint density at radius 1 is 0.857 bits per heavy atom. The van der Waals surface area contributed by atoms with Crippen molar-refractivity contribution in [1.82, 2.24) is 4.90 Å². The Morgan fingerprint density at radius 2 is 1.48 bits per heavy atom. The van der Waals surface area contributed by atoms with Gasteiger partial charge in [-0.3, -0.25) is 4.90 Å². The minimum Gasteiger partial charge on any atom is -0.288 e. The molecular formula is C20H23N. The molecule has 1 heteroatoms. The van der Waals surface area contributed by atoms with Crippen molar-refractivity contribution in [1.29, 1.82) is 0 Å². The molecule has 108 valence electrons. The monoisotopic (exact) mass is 277 g/mol. The van der Waals surface area contributed by atoms with Crippen molar-refractivity contribution in [3.05, 3.63) is 97.1 Å². The molecule has 0 aliphatic carbocycles. The van der Waals surface area contributed by atoms with E-state index in [9.17, 15) is 0 Å². The van der Waals surface area contributed by atoms with E-state index in [2.05, 4.69) is 78.7 Å². The summed E-state index contributed by atoms with van der Waals surface area (Å²) in [6, 6.07) is 21.5. The molecular weight excluding hydrogens is 254 g/mol.